The van der Waals surface area contributed by atoms with E-state index in [1.165, 1.54) is 16.9 Å². The second kappa shape index (κ2) is 11.6. The second-order valence-corrected chi connectivity index (χ2v) is 13.6. The van der Waals surface area contributed by atoms with E-state index in [1.54, 1.807) is 0 Å². The maximum Gasteiger partial charge on any atom is 0.271 e. The van der Waals surface area contributed by atoms with Gasteiger partial charge in [-0.1, -0.05) is 124 Å². The second-order valence-electron chi connectivity index (χ2n) is 11.2. The van der Waals surface area contributed by atoms with Gasteiger partial charge in [-0.2, -0.15) is 0 Å². The molecule has 1 aliphatic carbocycles. The van der Waals surface area contributed by atoms with Crippen molar-refractivity contribution >= 4 is 61.4 Å². The molecule has 1 atom stereocenters. The molecule has 7 heteroatoms. The first-order valence-corrected chi connectivity index (χ1v) is 16.8. The Hall–Kier alpha value is -4.23. The van der Waals surface area contributed by atoms with Gasteiger partial charge in [-0.25, -0.2) is 4.99 Å². The minimum Gasteiger partial charge on any atom is -0.488 e. The van der Waals surface area contributed by atoms with Gasteiger partial charge in [-0.05, 0) is 76.2 Å². The Morgan fingerprint density at radius 1 is 0.911 bits per heavy atom. The standard InChI is InChI=1S/C38H26BrClN2O2S/c39-26-17-13-23(14-18-26)22-44-33-20-16-24-7-1-3-9-27(24)31(33)21-34-37(43)42-36(29-11-5-6-12-32(29)40)30-19-15-25-8-2-4-10-28(25)35(30)41-38(42)45-34/h1-14,16-18,20-21,36H,15,19,22H2/b34-21-. The minimum absolute atomic E-state index is 0.0825. The molecule has 2 heterocycles. The van der Waals surface area contributed by atoms with E-state index in [0.29, 0.717) is 21.0 Å². The van der Waals surface area contributed by atoms with E-state index in [2.05, 4.69) is 58.4 Å². The van der Waals surface area contributed by atoms with Gasteiger partial charge in [0.25, 0.3) is 5.56 Å². The van der Waals surface area contributed by atoms with Crippen molar-refractivity contribution < 1.29 is 4.74 Å². The average molecular weight is 690 g/mol. The van der Waals surface area contributed by atoms with Gasteiger partial charge >= 0.3 is 0 Å². The van der Waals surface area contributed by atoms with E-state index in [-0.39, 0.29) is 11.6 Å². The zero-order valence-corrected chi connectivity index (χ0v) is 27.2. The Kier molecular flexibility index (Phi) is 7.29. The number of hydrogen-bond acceptors (Lipinski definition) is 4. The Morgan fingerprint density at radius 3 is 2.56 bits per heavy atom. The fraction of sp³-hybridized carbons (Fsp3) is 0.105. The minimum atomic E-state index is -0.332. The van der Waals surface area contributed by atoms with Gasteiger partial charge in [0.05, 0.1) is 16.3 Å². The molecule has 0 fully saturated rings. The van der Waals surface area contributed by atoms with Crippen LogP contribution in [0.2, 0.25) is 5.02 Å². The summed E-state index contributed by atoms with van der Waals surface area (Å²) < 4.78 is 9.88. The smallest absolute Gasteiger partial charge is 0.271 e. The summed E-state index contributed by atoms with van der Waals surface area (Å²) >= 11 is 11.8. The molecule has 0 saturated heterocycles. The maximum absolute atomic E-state index is 14.5. The lowest BCUT2D eigenvalue weighted by Gasteiger charge is -2.31. The lowest BCUT2D eigenvalue weighted by Crippen LogP contribution is -2.38. The van der Waals surface area contributed by atoms with Crippen LogP contribution >= 0.6 is 38.9 Å². The van der Waals surface area contributed by atoms with Crippen LogP contribution in [0.3, 0.4) is 0 Å². The van der Waals surface area contributed by atoms with Crippen LogP contribution in [-0.2, 0) is 13.0 Å². The summed E-state index contributed by atoms with van der Waals surface area (Å²) in [6, 6.07) is 36.3. The normalized spacial score (nSPS) is 15.8. The van der Waals surface area contributed by atoms with Crippen molar-refractivity contribution in [1.29, 1.82) is 0 Å². The predicted molar refractivity (Wildman–Crippen MR) is 187 cm³/mol. The molecule has 0 saturated carbocycles. The first-order valence-electron chi connectivity index (χ1n) is 14.8. The van der Waals surface area contributed by atoms with Crippen LogP contribution < -0.4 is 19.6 Å². The number of thiazole rings is 1. The summed E-state index contributed by atoms with van der Waals surface area (Å²) in [5.41, 5.74) is 7.26. The number of fused-ring (bicyclic) bond motifs is 4. The Balaban J connectivity index is 1.33. The van der Waals surface area contributed by atoms with Crippen molar-refractivity contribution in [3.05, 3.63) is 172 Å². The largest absolute Gasteiger partial charge is 0.488 e. The number of ether oxygens (including phenoxy) is 1. The number of hydrogen-bond donors (Lipinski definition) is 0. The third-order valence-electron chi connectivity index (χ3n) is 8.59. The van der Waals surface area contributed by atoms with E-state index in [0.717, 1.165) is 67.4 Å². The van der Waals surface area contributed by atoms with Crippen molar-refractivity contribution in [2.75, 3.05) is 0 Å². The van der Waals surface area contributed by atoms with Gasteiger partial charge in [0.1, 0.15) is 12.4 Å². The molecule has 5 aromatic carbocycles. The molecular weight excluding hydrogens is 664 g/mol. The highest BCUT2D eigenvalue weighted by atomic mass is 79.9. The molecular formula is C38H26BrClN2O2S. The molecule has 0 spiro atoms. The molecule has 2 aliphatic rings. The number of rotatable bonds is 5. The molecule has 1 aliphatic heterocycles. The number of allylic oxidation sites excluding steroid dienone is 1. The molecule has 4 nitrogen and oxygen atoms in total. The van der Waals surface area contributed by atoms with Gasteiger partial charge in [-0.15, -0.1) is 0 Å². The van der Waals surface area contributed by atoms with E-state index in [9.17, 15) is 4.79 Å². The van der Waals surface area contributed by atoms with E-state index >= 15 is 0 Å². The number of nitrogens with zero attached hydrogens (tertiary/aromatic N) is 2. The van der Waals surface area contributed by atoms with Crippen LogP contribution in [0.5, 0.6) is 5.75 Å². The highest BCUT2D eigenvalue weighted by molar-refractivity contribution is 9.10. The van der Waals surface area contributed by atoms with Crippen LogP contribution in [0.4, 0.5) is 0 Å². The zero-order valence-electron chi connectivity index (χ0n) is 24.0. The lowest BCUT2D eigenvalue weighted by atomic mass is 9.83. The Morgan fingerprint density at radius 2 is 1.69 bits per heavy atom. The molecule has 1 unspecified atom stereocenters. The van der Waals surface area contributed by atoms with Crippen molar-refractivity contribution in [1.82, 2.24) is 4.57 Å². The Labute approximate surface area is 277 Å². The SMILES string of the molecule is O=c1/c(=C/c2c(OCc3ccc(Br)cc3)ccc3ccccc23)sc2n1C(c1ccccc1Cl)C1=C(N=2)c2ccccc2CC1. The fourth-order valence-electron chi connectivity index (χ4n) is 6.42. The van der Waals surface area contributed by atoms with Crippen molar-refractivity contribution in [3.8, 4) is 5.75 Å². The van der Waals surface area contributed by atoms with E-state index in [1.807, 2.05) is 77.4 Å². The van der Waals surface area contributed by atoms with Crippen LogP contribution in [0, 0.1) is 0 Å². The van der Waals surface area contributed by atoms with Crippen LogP contribution in [-0.4, -0.2) is 4.57 Å². The third-order valence-corrected chi connectivity index (χ3v) is 10.4. The molecule has 0 amide bonds. The zero-order chi connectivity index (χ0) is 30.5. The molecule has 1 aromatic heterocycles. The van der Waals surface area contributed by atoms with Gasteiger partial charge in [-0.3, -0.25) is 9.36 Å². The van der Waals surface area contributed by atoms with Gasteiger partial charge in [0.15, 0.2) is 4.80 Å². The maximum atomic E-state index is 14.5. The molecule has 8 rings (SSSR count). The lowest BCUT2D eigenvalue weighted by molar-refractivity contribution is 0.306. The molecule has 0 N–H and O–H groups in total. The first-order chi connectivity index (χ1) is 22.0. The third kappa shape index (κ3) is 5.07. The van der Waals surface area contributed by atoms with Crippen molar-refractivity contribution in [2.45, 2.75) is 25.5 Å². The summed E-state index contributed by atoms with van der Waals surface area (Å²) in [6.45, 7) is 0.409. The highest BCUT2D eigenvalue weighted by Gasteiger charge is 2.33. The summed E-state index contributed by atoms with van der Waals surface area (Å²) in [5.74, 6) is 0.721. The number of halogens is 2. The topological polar surface area (TPSA) is 43.6 Å². The van der Waals surface area contributed by atoms with Gasteiger partial charge in [0.2, 0.25) is 0 Å². The summed E-state index contributed by atoms with van der Waals surface area (Å²) in [4.78, 5) is 20.3. The fourth-order valence-corrected chi connectivity index (χ4v) is 7.91. The molecule has 0 bridgehead atoms. The predicted octanol–water partition coefficient (Wildman–Crippen LogP) is 8.47. The monoisotopic (exact) mass is 688 g/mol. The van der Waals surface area contributed by atoms with E-state index < -0.39 is 0 Å². The quantitative estimate of drug-likeness (QED) is 0.182. The summed E-state index contributed by atoms with van der Waals surface area (Å²) in [7, 11) is 0. The number of benzene rings is 5. The van der Waals surface area contributed by atoms with Crippen LogP contribution in [0.25, 0.3) is 22.5 Å². The number of aromatic nitrogens is 1. The average Bonchev–Trinajstić information content (AvgIpc) is 3.38. The van der Waals surface area contributed by atoms with Gasteiger partial charge < -0.3 is 4.74 Å². The van der Waals surface area contributed by atoms with Gasteiger partial charge in [0, 0.05) is 20.6 Å². The van der Waals surface area contributed by atoms with Crippen molar-refractivity contribution in [3.63, 3.8) is 0 Å². The molecule has 6 aromatic rings. The summed E-state index contributed by atoms with van der Waals surface area (Å²) in [6.07, 6.45) is 3.68. The first kappa shape index (κ1) is 28.3. The Bertz CT molecular complexity index is 2340. The van der Waals surface area contributed by atoms with Crippen LogP contribution in [0.15, 0.2) is 129 Å². The van der Waals surface area contributed by atoms with E-state index in [4.69, 9.17) is 21.3 Å². The van der Waals surface area contributed by atoms with Crippen molar-refractivity contribution in [2.24, 2.45) is 4.99 Å². The summed E-state index contributed by atoms with van der Waals surface area (Å²) in [5, 5.41) is 2.74. The van der Waals surface area contributed by atoms with Crippen LogP contribution in [0.1, 0.15) is 40.3 Å². The molecule has 45 heavy (non-hydrogen) atoms. The number of aryl methyl sites for hydroxylation is 1. The molecule has 220 valence electrons. The molecule has 0 radical (unpaired) electrons. The highest BCUT2D eigenvalue weighted by Crippen LogP contribution is 2.42.